The predicted molar refractivity (Wildman–Crippen MR) is 123 cm³/mol. The van der Waals surface area contributed by atoms with Crippen LogP contribution in [0.15, 0.2) is 36.4 Å². The quantitative estimate of drug-likeness (QED) is 0.123. The number of carboxylic acid groups (broad SMARTS) is 1. The highest BCUT2D eigenvalue weighted by atomic mass is 16.6. The van der Waals surface area contributed by atoms with E-state index in [4.69, 9.17) is 9.84 Å². The van der Waals surface area contributed by atoms with Gasteiger partial charge in [0.15, 0.2) is 0 Å². The predicted octanol–water partition coefficient (Wildman–Crippen LogP) is 7.11. The van der Waals surface area contributed by atoms with Gasteiger partial charge in [-0.2, -0.15) is 0 Å². The van der Waals surface area contributed by atoms with E-state index in [0.29, 0.717) is 6.42 Å². The molecule has 31 heavy (non-hydrogen) atoms. The smallest absolute Gasteiger partial charge is 0.345 e. The van der Waals surface area contributed by atoms with Crippen molar-refractivity contribution in [3.05, 3.63) is 47.5 Å². The summed E-state index contributed by atoms with van der Waals surface area (Å²) in [6.07, 6.45) is 20.2. The lowest BCUT2D eigenvalue weighted by Crippen LogP contribution is -2.12. The van der Waals surface area contributed by atoms with Crippen LogP contribution >= 0.6 is 0 Å². The number of aromatic carboxylic acids is 1. The maximum Gasteiger partial charge on any atom is 0.345 e. The monoisotopic (exact) mass is 430 g/mol. The number of hydrogen-bond donors (Lipinski definition) is 1. The molecule has 1 N–H and O–H groups in total. The largest absolute Gasteiger partial charge is 0.478 e. The average Bonchev–Trinajstić information content (AvgIpc) is 2.76. The molecule has 0 aliphatic heterocycles. The lowest BCUT2D eigenvalue weighted by Gasteiger charge is -2.04. The van der Waals surface area contributed by atoms with Gasteiger partial charge in [0.05, 0.1) is 11.1 Å². The molecule has 1 rings (SSSR count). The number of allylic oxidation sites excluding steroid dienone is 2. The van der Waals surface area contributed by atoms with Crippen LogP contribution in [-0.4, -0.2) is 23.0 Å². The Morgan fingerprint density at radius 3 is 1.77 bits per heavy atom. The summed E-state index contributed by atoms with van der Waals surface area (Å²) in [7, 11) is 0. The lowest BCUT2D eigenvalue weighted by atomic mass is 10.1. The Bertz CT molecular complexity index is 676. The fraction of sp³-hybridized carbons (Fsp3) is 0.577. The molecule has 0 bridgehead atoms. The molecule has 0 aliphatic rings. The molecule has 172 valence electrons. The number of rotatable bonds is 17. The Balaban J connectivity index is 1.99. The molecule has 0 heterocycles. The zero-order valence-corrected chi connectivity index (χ0v) is 18.9. The first-order valence-electron chi connectivity index (χ1n) is 11.8. The normalized spacial score (nSPS) is 11.0. The topological polar surface area (TPSA) is 80.7 Å². The van der Waals surface area contributed by atoms with Crippen LogP contribution in [-0.2, 0) is 9.53 Å². The van der Waals surface area contributed by atoms with Crippen LogP contribution < -0.4 is 0 Å². The molecule has 1 aromatic carbocycles. The van der Waals surface area contributed by atoms with E-state index in [2.05, 4.69) is 19.1 Å². The van der Waals surface area contributed by atoms with Gasteiger partial charge in [-0.25, -0.2) is 9.59 Å². The Hall–Kier alpha value is -2.43. The molecule has 0 spiro atoms. The highest BCUT2D eigenvalue weighted by Gasteiger charge is 2.13. The van der Waals surface area contributed by atoms with Gasteiger partial charge in [-0.1, -0.05) is 70.4 Å². The van der Waals surface area contributed by atoms with Crippen LogP contribution in [0.1, 0.15) is 118 Å². The van der Waals surface area contributed by atoms with Crippen LogP contribution in [0.4, 0.5) is 0 Å². The second-order valence-electron chi connectivity index (χ2n) is 7.98. The molecule has 0 saturated carbocycles. The van der Waals surface area contributed by atoms with Gasteiger partial charge in [0.25, 0.3) is 0 Å². The number of carboxylic acids is 1. The zero-order chi connectivity index (χ0) is 22.7. The van der Waals surface area contributed by atoms with Crippen molar-refractivity contribution >= 4 is 17.9 Å². The van der Waals surface area contributed by atoms with Gasteiger partial charge in [-0.05, 0) is 56.4 Å². The van der Waals surface area contributed by atoms with E-state index in [1.165, 1.54) is 75.6 Å². The van der Waals surface area contributed by atoms with Crippen molar-refractivity contribution in [2.24, 2.45) is 0 Å². The molecule has 0 aliphatic carbocycles. The SMILES string of the molecule is CCCCCCCC/C=C\CCCCCCCC(=O)OC(=O)c1ccc(C(=O)O)cc1. The van der Waals surface area contributed by atoms with Crippen molar-refractivity contribution in [1.82, 2.24) is 0 Å². The van der Waals surface area contributed by atoms with Crippen LogP contribution in [0, 0.1) is 0 Å². The number of unbranched alkanes of at least 4 members (excludes halogenated alkanes) is 11. The van der Waals surface area contributed by atoms with Crippen molar-refractivity contribution in [1.29, 1.82) is 0 Å². The van der Waals surface area contributed by atoms with Crippen molar-refractivity contribution in [2.45, 2.75) is 96.8 Å². The number of carbonyl (C=O) groups is 3. The molecule has 5 nitrogen and oxygen atoms in total. The van der Waals surface area contributed by atoms with Crippen LogP contribution in [0.2, 0.25) is 0 Å². The molecule has 0 radical (unpaired) electrons. The van der Waals surface area contributed by atoms with E-state index < -0.39 is 17.9 Å². The minimum absolute atomic E-state index is 0.0798. The first kappa shape index (κ1) is 26.6. The standard InChI is InChI=1S/C26H38O5/c1-2-3-4-5-6-7-8-9-10-11-12-13-14-15-16-17-24(27)31-26(30)23-20-18-22(19-21-23)25(28)29/h9-10,18-21H,2-8,11-17H2,1H3,(H,28,29)/b10-9-. The number of esters is 2. The molecular weight excluding hydrogens is 392 g/mol. The van der Waals surface area contributed by atoms with Crippen LogP contribution in [0.25, 0.3) is 0 Å². The van der Waals surface area contributed by atoms with Crippen molar-refractivity contribution in [3.63, 3.8) is 0 Å². The van der Waals surface area contributed by atoms with E-state index >= 15 is 0 Å². The summed E-state index contributed by atoms with van der Waals surface area (Å²) in [5.41, 5.74) is 0.249. The highest BCUT2D eigenvalue weighted by Crippen LogP contribution is 2.11. The maximum absolute atomic E-state index is 11.9. The number of hydrogen-bond acceptors (Lipinski definition) is 4. The number of ether oxygens (including phenoxy) is 1. The summed E-state index contributed by atoms with van der Waals surface area (Å²) in [6, 6.07) is 5.32. The van der Waals surface area contributed by atoms with Gasteiger partial charge in [0.1, 0.15) is 0 Å². The second kappa shape index (κ2) is 17.3. The van der Waals surface area contributed by atoms with E-state index in [1.807, 2.05) is 0 Å². The Labute approximate surface area is 186 Å². The van der Waals surface area contributed by atoms with E-state index in [-0.39, 0.29) is 17.5 Å². The maximum atomic E-state index is 11.9. The Morgan fingerprint density at radius 2 is 1.23 bits per heavy atom. The Kier molecular flexibility index (Phi) is 14.8. The summed E-state index contributed by atoms with van der Waals surface area (Å²) in [4.78, 5) is 34.5. The van der Waals surface area contributed by atoms with Gasteiger partial charge < -0.3 is 9.84 Å². The van der Waals surface area contributed by atoms with Gasteiger partial charge >= 0.3 is 17.9 Å². The summed E-state index contributed by atoms with van der Waals surface area (Å²) >= 11 is 0. The third kappa shape index (κ3) is 13.5. The minimum atomic E-state index is -1.07. The van der Waals surface area contributed by atoms with Crippen LogP contribution in [0.3, 0.4) is 0 Å². The molecule has 0 aromatic heterocycles. The molecule has 0 unspecified atom stereocenters. The number of carbonyl (C=O) groups excluding carboxylic acids is 2. The van der Waals surface area contributed by atoms with Crippen molar-refractivity contribution in [2.75, 3.05) is 0 Å². The highest BCUT2D eigenvalue weighted by molar-refractivity contribution is 5.97. The van der Waals surface area contributed by atoms with Crippen molar-refractivity contribution in [3.8, 4) is 0 Å². The molecule has 0 fully saturated rings. The third-order valence-corrected chi connectivity index (χ3v) is 5.22. The first-order valence-corrected chi connectivity index (χ1v) is 11.8. The molecule has 0 saturated heterocycles. The molecule has 0 atom stereocenters. The number of benzene rings is 1. The first-order chi connectivity index (χ1) is 15.0. The fourth-order valence-corrected chi connectivity index (χ4v) is 3.30. The Morgan fingerprint density at radius 1 is 0.742 bits per heavy atom. The molecule has 5 heteroatoms. The van der Waals surface area contributed by atoms with Crippen LogP contribution in [0.5, 0.6) is 0 Å². The fourth-order valence-electron chi connectivity index (χ4n) is 3.30. The molecular formula is C26H38O5. The van der Waals surface area contributed by atoms with Gasteiger partial charge in [0, 0.05) is 6.42 Å². The van der Waals surface area contributed by atoms with Crippen molar-refractivity contribution < 1.29 is 24.2 Å². The minimum Gasteiger partial charge on any atom is -0.478 e. The van der Waals surface area contributed by atoms with E-state index in [1.54, 1.807) is 0 Å². The summed E-state index contributed by atoms with van der Waals surface area (Å²) < 4.78 is 4.82. The zero-order valence-electron chi connectivity index (χ0n) is 18.9. The van der Waals surface area contributed by atoms with E-state index in [0.717, 1.165) is 25.7 Å². The lowest BCUT2D eigenvalue weighted by molar-refractivity contribution is -0.138. The van der Waals surface area contributed by atoms with Gasteiger partial charge in [0.2, 0.25) is 0 Å². The molecule has 1 aromatic rings. The summed E-state index contributed by atoms with van der Waals surface area (Å²) in [6.45, 7) is 2.24. The second-order valence-corrected chi connectivity index (χ2v) is 7.98. The van der Waals surface area contributed by atoms with Gasteiger partial charge in [-0.3, -0.25) is 4.79 Å². The third-order valence-electron chi connectivity index (χ3n) is 5.22. The summed E-state index contributed by atoms with van der Waals surface area (Å²) in [5, 5.41) is 8.85. The van der Waals surface area contributed by atoms with Gasteiger partial charge in [-0.15, -0.1) is 0 Å². The summed E-state index contributed by atoms with van der Waals surface area (Å²) in [5.74, 6) is -2.35. The average molecular weight is 431 g/mol. The van der Waals surface area contributed by atoms with E-state index in [9.17, 15) is 14.4 Å². The molecule has 0 amide bonds.